The molecular weight excluding hydrogens is 394 g/mol. The molecule has 0 radical (unpaired) electrons. The van der Waals surface area contributed by atoms with Gasteiger partial charge in [0.25, 0.3) is 0 Å². The number of ether oxygens (including phenoxy) is 2. The fraction of sp³-hybridized carbons (Fsp3) is 0.286. The maximum Gasteiger partial charge on any atom is 0.336 e. The molecule has 8 heteroatoms. The minimum Gasteiger partial charge on any atom is -0.507 e. The second-order valence-electron chi connectivity index (χ2n) is 6.70. The number of ketones is 1. The second-order valence-corrected chi connectivity index (χ2v) is 7.90. The van der Waals surface area contributed by atoms with E-state index in [-0.39, 0.29) is 22.5 Å². The van der Waals surface area contributed by atoms with Gasteiger partial charge in [-0.1, -0.05) is 17.8 Å². The molecule has 7 nitrogen and oxygen atoms in total. The van der Waals surface area contributed by atoms with Crippen LogP contribution in [0.4, 0.5) is 0 Å². The van der Waals surface area contributed by atoms with Crippen molar-refractivity contribution in [2.45, 2.75) is 26.8 Å². The highest BCUT2D eigenvalue weighted by atomic mass is 32.2. The van der Waals surface area contributed by atoms with Crippen LogP contribution >= 0.6 is 11.8 Å². The Morgan fingerprint density at radius 3 is 2.38 bits per heavy atom. The van der Waals surface area contributed by atoms with Gasteiger partial charge in [-0.3, -0.25) is 4.79 Å². The molecule has 2 heterocycles. The molecule has 3 rings (SSSR count). The number of allylic oxidation sites excluding steroid dienone is 4. The summed E-state index contributed by atoms with van der Waals surface area (Å²) in [5.74, 6) is -1.98. The first kappa shape index (κ1) is 20.7. The average molecular weight is 415 g/mol. The molecule has 1 N–H and O–H groups in total. The molecule has 1 unspecified atom stereocenters. The van der Waals surface area contributed by atoms with Crippen LogP contribution < -0.4 is 0 Å². The van der Waals surface area contributed by atoms with E-state index in [0.29, 0.717) is 5.03 Å². The van der Waals surface area contributed by atoms with E-state index in [9.17, 15) is 19.5 Å². The van der Waals surface area contributed by atoms with Crippen molar-refractivity contribution < 1.29 is 29.0 Å². The smallest absolute Gasteiger partial charge is 0.336 e. The van der Waals surface area contributed by atoms with Crippen LogP contribution in [0.1, 0.15) is 29.8 Å². The van der Waals surface area contributed by atoms with Gasteiger partial charge >= 0.3 is 11.9 Å². The molecule has 0 aliphatic carbocycles. The van der Waals surface area contributed by atoms with E-state index in [2.05, 4.69) is 0 Å². The number of phenols is 1. The Bertz CT molecular complexity index is 1020. The Labute approximate surface area is 172 Å². The fourth-order valence-corrected chi connectivity index (χ4v) is 4.43. The highest BCUT2D eigenvalue weighted by Crippen LogP contribution is 2.48. The third-order valence-electron chi connectivity index (χ3n) is 4.91. The van der Waals surface area contributed by atoms with E-state index in [4.69, 9.17) is 9.47 Å². The predicted octanol–water partition coefficient (Wildman–Crippen LogP) is 3.05. The van der Waals surface area contributed by atoms with E-state index in [1.54, 1.807) is 24.8 Å². The number of carbonyl (C=O) groups is 3. The highest BCUT2D eigenvalue weighted by molar-refractivity contribution is 8.07. The van der Waals surface area contributed by atoms with Crippen molar-refractivity contribution in [2.75, 3.05) is 14.2 Å². The van der Waals surface area contributed by atoms with Crippen LogP contribution in [-0.4, -0.2) is 48.0 Å². The summed E-state index contributed by atoms with van der Waals surface area (Å²) < 4.78 is 9.76. The predicted molar refractivity (Wildman–Crippen MR) is 108 cm³/mol. The highest BCUT2D eigenvalue weighted by Gasteiger charge is 2.45. The number of thioether (sulfide) groups is 1. The third-order valence-corrected chi connectivity index (χ3v) is 6.12. The monoisotopic (exact) mass is 415 g/mol. The normalized spacial score (nSPS) is 18.4. The van der Waals surface area contributed by atoms with Gasteiger partial charge in [0, 0.05) is 10.6 Å². The lowest BCUT2D eigenvalue weighted by atomic mass is 9.93. The van der Waals surface area contributed by atoms with Crippen molar-refractivity contribution in [1.29, 1.82) is 0 Å². The minimum atomic E-state index is -1.06. The average Bonchev–Trinajstić information content (AvgIpc) is 2.99. The molecule has 0 fully saturated rings. The number of aromatic hydroxyl groups is 1. The molecule has 1 atom stereocenters. The maximum atomic E-state index is 13.3. The SMILES string of the molecule is COC(=O)C1=CC(C(=O)c2ccc(C)cc2O)=C2SC(C)=C(C)N2C1C(=O)OC. The molecule has 1 aromatic rings. The van der Waals surface area contributed by atoms with Crippen molar-refractivity contribution in [1.82, 2.24) is 4.90 Å². The first-order valence-corrected chi connectivity index (χ1v) is 9.63. The number of hydrogen-bond donors (Lipinski definition) is 1. The Hall–Kier alpha value is -3.00. The van der Waals surface area contributed by atoms with Crippen LogP contribution in [-0.2, 0) is 19.1 Å². The van der Waals surface area contributed by atoms with Gasteiger partial charge in [0.1, 0.15) is 5.75 Å². The van der Waals surface area contributed by atoms with Gasteiger partial charge in [-0.05, 0) is 44.5 Å². The Morgan fingerprint density at radius 2 is 1.79 bits per heavy atom. The van der Waals surface area contributed by atoms with E-state index in [0.717, 1.165) is 16.2 Å². The lowest BCUT2D eigenvalue weighted by Crippen LogP contribution is -2.44. The zero-order chi connectivity index (χ0) is 21.5. The number of methoxy groups -OCH3 is 2. The van der Waals surface area contributed by atoms with Crippen LogP contribution in [0.2, 0.25) is 0 Å². The molecule has 152 valence electrons. The lowest BCUT2D eigenvalue weighted by molar-refractivity contribution is -0.147. The molecule has 0 saturated heterocycles. The molecule has 0 bridgehead atoms. The van der Waals surface area contributed by atoms with Crippen molar-refractivity contribution in [3.8, 4) is 5.75 Å². The zero-order valence-corrected chi connectivity index (χ0v) is 17.5. The Balaban J connectivity index is 2.22. The number of esters is 2. The van der Waals surface area contributed by atoms with E-state index in [1.807, 2.05) is 6.92 Å². The summed E-state index contributed by atoms with van der Waals surface area (Å²) in [5.41, 5.74) is 1.84. The van der Waals surface area contributed by atoms with Gasteiger partial charge in [-0.15, -0.1) is 0 Å². The number of benzene rings is 1. The first-order valence-electron chi connectivity index (χ1n) is 8.82. The number of hydrogen-bond acceptors (Lipinski definition) is 8. The topological polar surface area (TPSA) is 93.1 Å². The van der Waals surface area contributed by atoms with Gasteiger partial charge in [-0.2, -0.15) is 0 Å². The second kappa shape index (κ2) is 7.79. The van der Waals surface area contributed by atoms with Crippen molar-refractivity contribution in [2.24, 2.45) is 0 Å². The Morgan fingerprint density at radius 1 is 1.10 bits per heavy atom. The van der Waals surface area contributed by atoms with Gasteiger partial charge in [0.05, 0.1) is 36.0 Å². The number of carbonyl (C=O) groups excluding carboxylic acids is 3. The van der Waals surface area contributed by atoms with Crippen LogP contribution in [0.15, 0.2) is 51.1 Å². The maximum absolute atomic E-state index is 13.3. The lowest BCUT2D eigenvalue weighted by Gasteiger charge is -2.34. The standard InChI is InChI=1S/C21H21NO6S/c1-10-6-7-13(16(23)8-10)18(24)15-9-14(20(25)27-4)17(21(26)28-5)22-11(2)12(3)29-19(15)22/h6-9,17,23H,1-5H3. The van der Waals surface area contributed by atoms with E-state index < -0.39 is 23.8 Å². The number of phenolic OH excluding ortho intramolecular Hbond substituents is 1. The molecule has 2 aliphatic rings. The summed E-state index contributed by atoms with van der Waals surface area (Å²) in [6, 6.07) is 3.70. The van der Waals surface area contributed by atoms with Crippen molar-refractivity contribution >= 4 is 29.5 Å². The molecule has 1 aromatic carbocycles. The van der Waals surface area contributed by atoms with Crippen LogP contribution in [0.3, 0.4) is 0 Å². The third kappa shape index (κ3) is 3.44. The molecule has 0 saturated carbocycles. The Kier molecular flexibility index (Phi) is 5.57. The summed E-state index contributed by atoms with van der Waals surface area (Å²) in [6.07, 6.45) is 1.36. The van der Waals surface area contributed by atoms with E-state index >= 15 is 0 Å². The number of aryl methyl sites for hydroxylation is 1. The molecule has 29 heavy (non-hydrogen) atoms. The van der Waals surface area contributed by atoms with Crippen LogP contribution in [0.5, 0.6) is 5.75 Å². The minimum absolute atomic E-state index is 0.00676. The van der Waals surface area contributed by atoms with Gasteiger partial charge in [-0.25, -0.2) is 9.59 Å². The summed E-state index contributed by atoms with van der Waals surface area (Å²) in [5, 5.41) is 10.8. The number of fused-ring (bicyclic) bond motifs is 1. The zero-order valence-electron chi connectivity index (χ0n) is 16.7. The molecule has 0 amide bonds. The van der Waals surface area contributed by atoms with Crippen molar-refractivity contribution in [3.05, 3.63) is 62.2 Å². The van der Waals surface area contributed by atoms with Gasteiger partial charge < -0.3 is 19.5 Å². The summed E-state index contributed by atoms with van der Waals surface area (Å²) >= 11 is 1.33. The van der Waals surface area contributed by atoms with Crippen LogP contribution in [0.25, 0.3) is 0 Å². The molecule has 2 aliphatic heterocycles. The molecule has 0 aromatic heterocycles. The summed E-state index contributed by atoms with van der Waals surface area (Å²) in [4.78, 5) is 40.8. The molecular formula is C21H21NO6S. The largest absolute Gasteiger partial charge is 0.507 e. The fourth-order valence-electron chi connectivity index (χ4n) is 3.29. The summed E-state index contributed by atoms with van der Waals surface area (Å²) in [6.45, 7) is 5.47. The number of Topliss-reactive ketones (excluding diaryl/α,β-unsaturated/α-hetero) is 1. The quantitative estimate of drug-likeness (QED) is 0.593. The van der Waals surface area contributed by atoms with Crippen LogP contribution in [0, 0.1) is 6.92 Å². The van der Waals surface area contributed by atoms with Gasteiger partial charge in [0.2, 0.25) is 0 Å². The summed E-state index contributed by atoms with van der Waals surface area (Å²) in [7, 11) is 2.44. The molecule has 0 spiro atoms. The number of rotatable bonds is 4. The van der Waals surface area contributed by atoms with Crippen molar-refractivity contribution in [3.63, 3.8) is 0 Å². The van der Waals surface area contributed by atoms with E-state index in [1.165, 1.54) is 44.2 Å². The first-order chi connectivity index (χ1) is 13.7. The van der Waals surface area contributed by atoms with Gasteiger partial charge in [0.15, 0.2) is 11.8 Å². The number of nitrogens with zero attached hydrogens (tertiary/aromatic N) is 1.